The SMILES string of the molecule is Cc1cc#cc(N)c1C. The molecule has 0 aliphatic carbocycles. The van der Waals surface area contributed by atoms with Gasteiger partial charge < -0.3 is 5.73 Å². The lowest BCUT2D eigenvalue weighted by atomic mass is 10.1. The van der Waals surface area contributed by atoms with Crippen LogP contribution in [0.2, 0.25) is 0 Å². The van der Waals surface area contributed by atoms with Gasteiger partial charge in [-0.25, -0.2) is 0 Å². The van der Waals surface area contributed by atoms with Gasteiger partial charge in [-0.2, -0.15) is 0 Å². The van der Waals surface area contributed by atoms with Gasteiger partial charge in [0.1, 0.15) is 0 Å². The Bertz CT molecular complexity index is 196. The van der Waals surface area contributed by atoms with Gasteiger partial charge in [0, 0.05) is 0 Å². The van der Waals surface area contributed by atoms with E-state index in [0.29, 0.717) is 5.69 Å². The molecule has 0 spiro atoms. The first-order valence-corrected chi connectivity index (χ1v) is 2.87. The Balaban J connectivity index is 3.25. The topological polar surface area (TPSA) is 26.0 Å². The predicted octanol–water partition coefficient (Wildman–Crippen LogP) is 1.49. The van der Waals surface area contributed by atoms with Gasteiger partial charge in [0.2, 0.25) is 0 Å². The molecule has 0 heterocycles. The second-order valence-electron chi connectivity index (χ2n) is 2.14. The average Bonchev–Trinajstić information content (AvgIpc) is 1.83. The van der Waals surface area contributed by atoms with Gasteiger partial charge in [0.15, 0.2) is 0 Å². The fourth-order valence-corrected chi connectivity index (χ4v) is 0.637. The van der Waals surface area contributed by atoms with E-state index in [0.717, 1.165) is 5.56 Å². The van der Waals surface area contributed by atoms with E-state index in [1.165, 1.54) is 5.56 Å². The zero-order valence-electron chi connectivity index (χ0n) is 5.65. The average molecular weight is 119 g/mol. The smallest absolute Gasteiger partial charge is 0.0863 e. The second kappa shape index (κ2) is 1.99. The minimum absolute atomic E-state index is 0.704. The molecule has 0 saturated heterocycles. The Hall–Kier alpha value is -1.16. The number of anilines is 1. The van der Waals surface area contributed by atoms with Crippen molar-refractivity contribution in [1.29, 1.82) is 0 Å². The molecule has 1 aromatic rings. The molecule has 0 bridgehead atoms. The summed E-state index contributed by atoms with van der Waals surface area (Å²) >= 11 is 0. The van der Waals surface area contributed by atoms with Gasteiger partial charge >= 0.3 is 0 Å². The summed E-state index contributed by atoms with van der Waals surface area (Å²) in [6.45, 7) is 3.99. The molecule has 0 aliphatic heterocycles. The lowest BCUT2D eigenvalue weighted by Gasteiger charge is -1.96. The lowest BCUT2D eigenvalue weighted by molar-refractivity contribution is 1.35. The number of hydrogen-bond donors (Lipinski definition) is 1. The number of nitrogens with two attached hydrogens (primary N) is 1. The molecule has 9 heavy (non-hydrogen) atoms. The van der Waals surface area contributed by atoms with Gasteiger partial charge in [-0.15, -0.1) is 0 Å². The maximum absolute atomic E-state index is 5.53. The van der Waals surface area contributed by atoms with Crippen LogP contribution in [0.15, 0.2) is 6.07 Å². The predicted molar refractivity (Wildman–Crippen MR) is 38.0 cm³/mol. The van der Waals surface area contributed by atoms with Crippen molar-refractivity contribution in [3.63, 3.8) is 0 Å². The van der Waals surface area contributed by atoms with Crippen LogP contribution in [-0.4, -0.2) is 0 Å². The van der Waals surface area contributed by atoms with E-state index in [2.05, 4.69) is 12.1 Å². The van der Waals surface area contributed by atoms with Crippen molar-refractivity contribution < 1.29 is 0 Å². The minimum Gasteiger partial charge on any atom is -0.392 e. The Morgan fingerprint density at radius 1 is 1.44 bits per heavy atom. The summed E-state index contributed by atoms with van der Waals surface area (Å²) in [4.78, 5) is 0. The van der Waals surface area contributed by atoms with Crippen LogP contribution >= 0.6 is 0 Å². The molecule has 1 aromatic carbocycles. The standard InChI is InChI=1S/C8H9N/c1-6-4-3-5-8(9)7(6)2/h4H,9H2,1-2H3. The summed E-state index contributed by atoms with van der Waals surface area (Å²) in [5.41, 5.74) is 8.52. The van der Waals surface area contributed by atoms with Gasteiger partial charge in [-0.1, -0.05) is 6.07 Å². The van der Waals surface area contributed by atoms with Gasteiger partial charge in [-0.3, -0.25) is 0 Å². The lowest BCUT2D eigenvalue weighted by Crippen LogP contribution is -1.88. The molecule has 1 heteroatoms. The maximum atomic E-state index is 5.53. The number of hydrogen-bond acceptors (Lipinski definition) is 1. The Labute approximate surface area is 55.5 Å². The van der Waals surface area contributed by atoms with E-state index in [4.69, 9.17) is 5.73 Å². The third kappa shape index (κ3) is 0.972. The van der Waals surface area contributed by atoms with E-state index in [-0.39, 0.29) is 0 Å². The molecule has 1 nitrogen and oxygen atoms in total. The van der Waals surface area contributed by atoms with Gasteiger partial charge in [0.05, 0.1) is 5.69 Å². The summed E-state index contributed by atoms with van der Waals surface area (Å²) in [7, 11) is 0. The molecule has 46 valence electrons. The van der Waals surface area contributed by atoms with Crippen LogP contribution in [0.1, 0.15) is 11.1 Å². The van der Waals surface area contributed by atoms with E-state index >= 15 is 0 Å². The summed E-state index contributed by atoms with van der Waals surface area (Å²) in [5, 5.41) is 0. The molecule has 0 atom stereocenters. The Morgan fingerprint density at radius 2 is 2.11 bits per heavy atom. The van der Waals surface area contributed by atoms with Crippen LogP contribution in [0, 0.1) is 26.0 Å². The van der Waals surface area contributed by atoms with E-state index in [1.807, 2.05) is 19.9 Å². The van der Waals surface area contributed by atoms with Crippen molar-refractivity contribution in [1.82, 2.24) is 0 Å². The highest BCUT2D eigenvalue weighted by Gasteiger charge is 1.91. The minimum atomic E-state index is 0.704. The molecule has 0 radical (unpaired) electrons. The molecule has 0 saturated carbocycles. The van der Waals surface area contributed by atoms with Crippen LogP contribution < -0.4 is 5.73 Å². The number of nitrogen functional groups attached to an aromatic ring is 1. The normalized spacial score (nSPS) is 8.67. The molecule has 0 aliphatic rings. The number of rotatable bonds is 0. The highest BCUT2D eigenvalue weighted by atomic mass is 14.5. The third-order valence-electron chi connectivity index (χ3n) is 1.49. The van der Waals surface area contributed by atoms with Crippen molar-refractivity contribution in [2.75, 3.05) is 5.73 Å². The molecule has 0 aromatic heterocycles. The number of aryl methyl sites for hydroxylation is 1. The van der Waals surface area contributed by atoms with E-state index in [9.17, 15) is 0 Å². The summed E-state index contributed by atoms with van der Waals surface area (Å²) < 4.78 is 0. The molecule has 2 N–H and O–H groups in total. The zero-order chi connectivity index (χ0) is 6.85. The molecule has 0 fully saturated rings. The Kier molecular flexibility index (Phi) is 1.32. The maximum Gasteiger partial charge on any atom is 0.0863 e. The van der Waals surface area contributed by atoms with Crippen LogP contribution in [-0.2, 0) is 0 Å². The van der Waals surface area contributed by atoms with E-state index < -0.39 is 0 Å². The van der Waals surface area contributed by atoms with Crippen molar-refractivity contribution in [3.8, 4) is 0 Å². The van der Waals surface area contributed by atoms with Crippen LogP contribution in [0.4, 0.5) is 5.69 Å². The van der Waals surface area contributed by atoms with Crippen molar-refractivity contribution in [2.24, 2.45) is 0 Å². The summed E-state index contributed by atoms with van der Waals surface area (Å²) in [6, 6.07) is 7.49. The third-order valence-corrected chi connectivity index (χ3v) is 1.49. The van der Waals surface area contributed by atoms with Gasteiger partial charge in [0.25, 0.3) is 0 Å². The monoisotopic (exact) mass is 119 g/mol. The Morgan fingerprint density at radius 3 is 2.56 bits per heavy atom. The molecule has 0 unspecified atom stereocenters. The van der Waals surface area contributed by atoms with Crippen LogP contribution in [0.3, 0.4) is 0 Å². The molecule has 0 amide bonds. The largest absolute Gasteiger partial charge is 0.392 e. The van der Waals surface area contributed by atoms with Crippen molar-refractivity contribution in [3.05, 3.63) is 29.3 Å². The zero-order valence-corrected chi connectivity index (χ0v) is 5.65. The first kappa shape index (κ1) is 5.97. The quantitative estimate of drug-likeness (QED) is 0.550. The van der Waals surface area contributed by atoms with Crippen molar-refractivity contribution >= 4 is 5.69 Å². The van der Waals surface area contributed by atoms with Gasteiger partial charge in [-0.05, 0) is 37.1 Å². The summed E-state index contributed by atoms with van der Waals surface area (Å²) in [5.74, 6) is 0. The first-order chi connectivity index (χ1) is 4.22. The second-order valence-corrected chi connectivity index (χ2v) is 2.14. The van der Waals surface area contributed by atoms with Crippen LogP contribution in [0.5, 0.6) is 0 Å². The summed E-state index contributed by atoms with van der Waals surface area (Å²) in [6.07, 6.45) is 0. The molecule has 1 rings (SSSR count). The fraction of sp³-hybridized carbons (Fsp3) is 0.250. The highest BCUT2D eigenvalue weighted by molar-refractivity contribution is 5.45. The highest BCUT2D eigenvalue weighted by Crippen LogP contribution is 2.09. The fourth-order valence-electron chi connectivity index (χ4n) is 0.637. The van der Waals surface area contributed by atoms with Crippen molar-refractivity contribution in [2.45, 2.75) is 13.8 Å². The first-order valence-electron chi connectivity index (χ1n) is 2.87. The van der Waals surface area contributed by atoms with Crippen LogP contribution in [0.25, 0.3) is 0 Å². The van der Waals surface area contributed by atoms with E-state index in [1.54, 1.807) is 0 Å². The molecular formula is C8H9N. The molecular weight excluding hydrogens is 110 g/mol.